The van der Waals surface area contributed by atoms with Crippen molar-refractivity contribution in [2.75, 3.05) is 0 Å². The van der Waals surface area contributed by atoms with E-state index in [1.807, 2.05) is 13.8 Å². The van der Waals surface area contributed by atoms with Gasteiger partial charge in [0.2, 0.25) is 0 Å². The van der Waals surface area contributed by atoms with Gasteiger partial charge in [-0.25, -0.2) is 0 Å². The quantitative estimate of drug-likeness (QED) is 0.154. The lowest BCUT2D eigenvalue weighted by Crippen LogP contribution is -2.25. The summed E-state index contributed by atoms with van der Waals surface area (Å²) in [6.07, 6.45) is 28.7. The van der Waals surface area contributed by atoms with Crippen LogP contribution in [0.3, 0.4) is 0 Å². The van der Waals surface area contributed by atoms with Crippen molar-refractivity contribution in [3.05, 3.63) is 236 Å². The van der Waals surface area contributed by atoms with E-state index in [1.165, 1.54) is 132 Å². The molecule has 0 unspecified atom stereocenters. The van der Waals surface area contributed by atoms with Crippen molar-refractivity contribution in [3.8, 4) is 22.3 Å². The molecule has 12 rings (SSSR count). The largest absolute Gasteiger partial charge is 0.0943 e. The van der Waals surface area contributed by atoms with Crippen molar-refractivity contribution in [3.63, 3.8) is 0 Å². The first-order valence-electron chi connectivity index (χ1n) is 24.9. The minimum Gasteiger partial charge on any atom is -0.0943 e. The van der Waals surface area contributed by atoms with Crippen molar-refractivity contribution in [1.29, 1.82) is 0 Å². The molecule has 0 saturated heterocycles. The summed E-state index contributed by atoms with van der Waals surface area (Å²) in [5.41, 5.74) is 25.5. The Hall–Kier alpha value is -6.24. The van der Waals surface area contributed by atoms with Crippen LogP contribution in [0.15, 0.2) is 181 Å². The molecule has 0 nitrogen and oxygen atoms in total. The first-order chi connectivity index (χ1) is 32.2. The van der Waals surface area contributed by atoms with E-state index < -0.39 is 0 Å². The molecule has 0 atom stereocenters. The summed E-state index contributed by atoms with van der Waals surface area (Å²) in [5, 5.41) is 2.87. The summed E-state index contributed by atoms with van der Waals surface area (Å²) < 4.78 is 0. The molecule has 0 bridgehead atoms. The molecule has 0 N–H and O–H groups in total. The van der Waals surface area contributed by atoms with Gasteiger partial charge in [0.05, 0.1) is 5.41 Å². The van der Waals surface area contributed by atoms with Crippen LogP contribution < -0.4 is 0 Å². The normalized spacial score (nSPS) is 17.2. The van der Waals surface area contributed by atoms with Gasteiger partial charge in [-0.3, -0.25) is 0 Å². The van der Waals surface area contributed by atoms with Crippen LogP contribution in [-0.2, 0) is 18.3 Å². The van der Waals surface area contributed by atoms with Gasteiger partial charge < -0.3 is 0 Å². The SMILES string of the molecule is C=C1/C(=C\C=C/C)C2=C(C=CCC2)C1(C)C.CC.CCC.Cc1ccc2c(c1)C1(c3ccccc3-c3ccccc31)c1ccccc1-2.Cc1ccc2c3c(c4c(c2c1)C=CCC4)CCC=C3. The molecular weight excluding hydrogens is 793 g/mol. The van der Waals surface area contributed by atoms with Gasteiger partial charge in [0.1, 0.15) is 0 Å². The molecule has 0 amide bonds. The van der Waals surface area contributed by atoms with Gasteiger partial charge >= 0.3 is 0 Å². The van der Waals surface area contributed by atoms with Crippen LogP contribution in [-0.4, -0.2) is 0 Å². The first-order valence-corrected chi connectivity index (χ1v) is 24.9. The third kappa shape index (κ3) is 7.87. The highest BCUT2D eigenvalue weighted by atomic mass is 14.5. The van der Waals surface area contributed by atoms with Gasteiger partial charge in [-0.1, -0.05) is 230 Å². The summed E-state index contributed by atoms with van der Waals surface area (Å²) in [6, 6.07) is 40.7. The van der Waals surface area contributed by atoms with Gasteiger partial charge in [-0.2, -0.15) is 0 Å². The van der Waals surface area contributed by atoms with Crippen molar-refractivity contribution in [1.82, 2.24) is 0 Å². The van der Waals surface area contributed by atoms with E-state index in [-0.39, 0.29) is 10.8 Å². The predicted molar refractivity (Wildman–Crippen MR) is 289 cm³/mol. The van der Waals surface area contributed by atoms with E-state index >= 15 is 0 Å². The molecule has 1 spiro atoms. The summed E-state index contributed by atoms with van der Waals surface area (Å²) in [4.78, 5) is 0. The Morgan fingerprint density at radius 2 is 1.03 bits per heavy atom. The number of hydrogen-bond acceptors (Lipinski definition) is 0. The molecule has 0 radical (unpaired) electrons. The highest BCUT2D eigenvalue weighted by Crippen LogP contribution is 2.62. The fraction of sp³-hybridized carbons (Fsp3) is 0.273. The molecule has 6 aromatic rings. The number of allylic oxidation sites excluding steroid dienone is 11. The second kappa shape index (κ2) is 19.7. The minimum absolute atomic E-state index is 0.111. The molecule has 0 fully saturated rings. The van der Waals surface area contributed by atoms with Gasteiger partial charge in [-0.15, -0.1) is 0 Å². The van der Waals surface area contributed by atoms with Gasteiger partial charge in [0.15, 0.2) is 0 Å². The zero-order valence-electron chi connectivity index (χ0n) is 41.2. The predicted octanol–water partition coefficient (Wildman–Crippen LogP) is 18.6. The summed E-state index contributed by atoms with van der Waals surface area (Å²) in [5.74, 6) is 0. The Morgan fingerprint density at radius 3 is 1.59 bits per heavy atom. The maximum absolute atomic E-state index is 4.29. The molecule has 0 aliphatic heterocycles. The Labute approximate surface area is 397 Å². The number of hydrogen-bond donors (Lipinski definition) is 0. The van der Waals surface area contributed by atoms with Crippen molar-refractivity contribution < 1.29 is 0 Å². The highest BCUT2D eigenvalue weighted by Gasteiger charge is 2.51. The Bertz CT molecular complexity index is 2930. The first kappa shape index (κ1) is 46.3. The number of rotatable bonds is 1. The van der Waals surface area contributed by atoms with Crippen LogP contribution in [0.1, 0.15) is 136 Å². The molecular formula is C66H70. The zero-order valence-corrected chi connectivity index (χ0v) is 41.2. The molecule has 66 heavy (non-hydrogen) atoms. The van der Waals surface area contributed by atoms with Crippen LogP contribution in [0, 0.1) is 19.3 Å². The maximum Gasteiger partial charge on any atom is 0.0725 e. The number of aryl methyl sites for hydroxylation is 2. The van der Waals surface area contributed by atoms with Crippen molar-refractivity contribution in [2.45, 2.75) is 113 Å². The third-order valence-corrected chi connectivity index (χ3v) is 14.3. The molecule has 0 heterocycles. The van der Waals surface area contributed by atoms with Crippen LogP contribution in [0.2, 0.25) is 0 Å². The van der Waals surface area contributed by atoms with E-state index in [0.717, 1.165) is 12.8 Å². The van der Waals surface area contributed by atoms with E-state index in [2.05, 4.69) is 219 Å². The Balaban J connectivity index is 0.000000132. The number of fused-ring (bicyclic) bond motifs is 16. The third-order valence-electron chi connectivity index (χ3n) is 14.3. The average Bonchev–Trinajstić information content (AvgIpc) is 3.89. The second-order valence-corrected chi connectivity index (χ2v) is 18.9. The van der Waals surface area contributed by atoms with E-state index in [1.54, 1.807) is 11.1 Å². The smallest absolute Gasteiger partial charge is 0.0725 e. The van der Waals surface area contributed by atoms with E-state index in [4.69, 9.17) is 0 Å². The van der Waals surface area contributed by atoms with Crippen LogP contribution in [0.4, 0.5) is 0 Å². The van der Waals surface area contributed by atoms with Gasteiger partial charge in [-0.05, 0) is 159 Å². The molecule has 6 aliphatic rings. The lowest BCUT2D eigenvalue weighted by Gasteiger charge is -2.30. The molecule has 6 aliphatic carbocycles. The van der Waals surface area contributed by atoms with Gasteiger partial charge in [0.25, 0.3) is 0 Å². The van der Waals surface area contributed by atoms with E-state index in [9.17, 15) is 0 Å². The molecule has 0 aromatic heterocycles. The fourth-order valence-electron chi connectivity index (χ4n) is 11.4. The Kier molecular flexibility index (Phi) is 13.8. The maximum atomic E-state index is 4.29. The van der Waals surface area contributed by atoms with Crippen LogP contribution >= 0.6 is 0 Å². The summed E-state index contributed by atoms with van der Waals surface area (Å²) in [6.45, 7) is 23.5. The molecule has 0 saturated carbocycles. The Morgan fingerprint density at radius 1 is 0.561 bits per heavy atom. The van der Waals surface area contributed by atoms with Crippen LogP contribution in [0.5, 0.6) is 0 Å². The molecule has 6 aromatic carbocycles. The highest BCUT2D eigenvalue weighted by molar-refractivity contribution is 6.00. The topological polar surface area (TPSA) is 0 Å². The summed E-state index contributed by atoms with van der Waals surface area (Å²) in [7, 11) is 0. The second-order valence-electron chi connectivity index (χ2n) is 18.9. The summed E-state index contributed by atoms with van der Waals surface area (Å²) >= 11 is 0. The molecule has 0 heteroatoms. The number of benzene rings is 6. The van der Waals surface area contributed by atoms with Gasteiger partial charge in [0, 0.05) is 5.41 Å². The standard InChI is InChI=1S/C26H18.C19H18.C16H20.C3H8.C2H6/c1-17-14-15-21-20-10-4-7-13-24(20)26(25(21)16-17)22-11-5-2-8-18(22)19-9-3-6-12-23(19)26;1-13-10-11-18-16-8-3-2-6-14(16)15-7-4-5-9-17(15)19(18)12-13;1-5-6-9-13-12(2)16(3,4)15-11-8-7-10-14(13)15;1-3-2;1-2/h2-16H,1H3;3,5,8-12H,2,4,6-7H2,1H3;5-6,8-9,11H,2,7,10H2,1,3-4H3;3H2,1-2H3;1-2H3/b;;6-5-,13-9+;;. The monoisotopic (exact) mass is 863 g/mol. The van der Waals surface area contributed by atoms with Crippen molar-refractivity contribution >= 4 is 22.9 Å². The van der Waals surface area contributed by atoms with Crippen LogP contribution in [0.25, 0.3) is 45.2 Å². The average molecular weight is 863 g/mol. The lowest BCUT2D eigenvalue weighted by molar-refractivity contribution is 0.578. The zero-order chi connectivity index (χ0) is 46.6. The minimum atomic E-state index is -0.189. The fourth-order valence-corrected chi connectivity index (χ4v) is 11.4. The van der Waals surface area contributed by atoms with Crippen molar-refractivity contribution in [2.24, 2.45) is 5.41 Å². The van der Waals surface area contributed by atoms with E-state index in [0.29, 0.717) is 0 Å². The lowest BCUT2D eigenvalue weighted by atomic mass is 9.70. The molecule has 334 valence electrons.